The highest BCUT2D eigenvalue weighted by Gasteiger charge is 2.04. The van der Waals surface area contributed by atoms with E-state index in [-0.39, 0.29) is 0 Å². The van der Waals surface area contributed by atoms with Crippen LogP contribution in [0.25, 0.3) is 0 Å². The molecule has 0 atom stereocenters. The highest BCUT2D eigenvalue weighted by Crippen LogP contribution is 2.07. The molecule has 0 unspecified atom stereocenters. The Hall–Kier alpha value is 1.71. The first-order valence-electron chi connectivity index (χ1n) is 6.43. The molecular formula is C12H27NS5. The zero-order chi connectivity index (χ0) is 13.5. The molecule has 0 radical (unpaired) electrons. The molecule has 0 aromatic heterocycles. The summed E-state index contributed by atoms with van der Waals surface area (Å²) in [7, 11) is 0. The van der Waals surface area contributed by atoms with E-state index in [0.29, 0.717) is 0 Å². The van der Waals surface area contributed by atoms with Crippen LogP contribution in [0.15, 0.2) is 0 Å². The average molecular weight is 346 g/mol. The zero-order valence-electron chi connectivity index (χ0n) is 11.3. The highest BCUT2D eigenvalue weighted by molar-refractivity contribution is 8.00. The van der Waals surface area contributed by atoms with E-state index in [0.717, 1.165) is 11.5 Å². The fourth-order valence-corrected chi connectivity index (χ4v) is 4.12. The SMILES string of the molecule is CSCCCN(CCSCCS)CCSCCS. The molecule has 0 amide bonds. The van der Waals surface area contributed by atoms with Crippen LogP contribution in [0.4, 0.5) is 0 Å². The van der Waals surface area contributed by atoms with Crippen LogP contribution in [0.3, 0.4) is 0 Å². The molecule has 110 valence electrons. The molecule has 0 fully saturated rings. The third kappa shape index (κ3) is 14.1. The Morgan fingerprint density at radius 1 is 0.778 bits per heavy atom. The molecule has 0 heterocycles. The summed E-state index contributed by atoms with van der Waals surface area (Å²) in [5.41, 5.74) is 0. The van der Waals surface area contributed by atoms with Crippen molar-refractivity contribution in [3.8, 4) is 0 Å². The van der Waals surface area contributed by atoms with Gasteiger partial charge in [-0.3, -0.25) is 0 Å². The van der Waals surface area contributed by atoms with Gasteiger partial charge in [-0.15, -0.1) is 0 Å². The number of thiol groups is 2. The maximum absolute atomic E-state index is 4.25. The summed E-state index contributed by atoms with van der Waals surface area (Å²) >= 11 is 14.5. The minimum absolute atomic E-state index is 0.995. The third-order valence-electron chi connectivity index (χ3n) is 2.40. The Kier molecular flexibility index (Phi) is 18.4. The van der Waals surface area contributed by atoms with Crippen LogP contribution in [-0.4, -0.2) is 71.1 Å². The molecule has 0 rings (SSSR count). The van der Waals surface area contributed by atoms with Gasteiger partial charge >= 0.3 is 0 Å². The topological polar surface area (TPSA) is 3.24 Å². The Morgan fingerprint density at radius 2 is 1.33 bits per heavy atom. The van der Waals surface area contributed by atoms with Gasteiger partial charge in [-0.25, -0.2) is 0 Å². The van der Waals surface area contributed by atoms with Crippen LogP contribution in [0.2, 0.25) is 0 Å². The molecule has 0 spiro atoms. The predicted molar refractivity (Wildman–Crippen MR) is 102 cm³/mol. The molecule has 0 saturated heterocycles. The first-order chi connectivity index (χ1) is 8.85. The second-order valence-corrected chi connectivity index (χ2v) is 8.19. The van der Waals surface area contributed by atoms with Crippen molar-refractivity contribution in [3.63, 3.8) is 0 Å². The molecule has 0 aliphatic carbocycles. The van der Waals surface area contributed by atoms with E-state index in [4.69, 9.17) is 0 Å². The Morgan fingerprint density at radius 3 is 1.78 bits per heavy atom. The quantitative estimate of drug-likeness (QED) is 0.367. The number of hydrogen-bond acceptors (Lipinski definition) is 6. The monoisotopic (exact) mass is 345 g/mol. The zero-order valence-corrected chi connectivity index (χ0v) is 15.6. The van der Waals surface area contributed by atoms with Crippen molar-refractivity contribution >= 4 is 60.5 Å². The lowest BCUT2D eigenvalue weighted by Crippen LogP contribution is -2.30. The molecule has 0 aliphatic rings. The van der Waals surface area contributed by atoms with E-state index < -0.39 is 0 Å². The van der Waals surface area contributed by atoms with Crippen LogP contribution < -0.4 is 0 Å². The van der Waals surface area contributed by atoms with Gasteiger partial charge in [-0.2, -0.15) is 60.5 Å². The van der Waals surface area contributed by atoms with E-state index in [1.807, 2.05) is 35.3 Å². The molecule has 0 aliphatic heterocycles. The van der Waals surface area contributed by atoms with Gasteiger partial charge in [-0.05, 0) is 36.5 Å². The second kappa shape index (κ2) is 16.8. The van der Waals surface area contributed by atoms with E-state index in [2.05, 4.69) is 36.4 Å². The van der Waals surface area contributed by atoms with Crippen LogP contribution in [0.1, 0.15) is 6.42 Å². The fourth-order valence-electron chi connectivity index (χ4n) is 1.49. The standard InChI is InChI=1S/C12H27NS5/c1-16-8-2-3-13(4-9-17-11-6-14)5-10-18-12-7-15/h14-15H,2-12H2,1H3. The number of hydrogen-bond donors (Lipinski definition) is 2. The Labute approximate surface area is 137 Å². The van der Waals surface area contributed by atoms with Crippen molar-refractivity contribution in [1.29, 1.82) is 0 Å². The van der Waals surface area contributed by atoms with Gasteiger partial charge in [0, 0.05) is 36.1 Å². The molecule has 6 heteroatoms. The molecular weight excluding hydrogens is 318 g/mol. The number of thioether (sulfide) groups is 3. The highest BCUT2D eigenvalue weighted by atomic mass is 32.2. The lowest BCUT2D eigenvalue weighted by molar-refractivity contribution is 0.311. The summed E-state index contributed by atoms with van der Waals surface area (Å²) in [5.74, 6) is 8.12. The minimum atomic E-state index is 0.995. The maximum atomic E-state index is 4.25. The second-order valence-electron chi connectivity index (χ2n) is 3.86. The fraction of sp³-hybridized carbons (Fsp3) is 1.00. The Bertz CT molecular complexity index is 147. The largest absolute Gasteiger partial charge is 0.302 e. The molecule has 0 aromatic carbocycles. The summed E-state index contributed by atoms with van der Waals surface area (Å²) < 4.78 is 0. The van der Waals surface area contributed by atoms with Crippen molar-refractivity contribution in [2.75, 3.05) is 66.2 Å². The van der Waals surface area contributed by atoms with Gasteiger partial charge in [0.05, 0.1) is 0 Å². The Balaban J connectivity index is 3.62. The van der Waals surface area contributed by atoms with Gasteiger partial charge in [0.25, 0.3) is 0 Å². The smallest absolute Gasteiger partial charge is 0.00727 e. The number of rotatable bonds is 14. The summed E-state index contributed by atoms with van der Waals surface area (Å²) in [6.45, 7) is 3.71. The first-order valence-corrected chi connectivity index (χ1v) is 11.4. The van der Waals surface area contributed by atoms with Crippen molar-refractivity contribution in [3.05, 3.63) is 0 Å². The van der Waals surface area contributed by atoms with E-state index in [1.54, 1.807) is 0 Å². The summed E-state index contributed by atoms with van der Waals surface area (Å²) in [5, 5.41) is 0. The van der Waals surface area contributed by atoms with Crippen molar-refractivity contribution in [2.45, 2.75) is 6.42 Å². The molecule has 18 heavy (non-hydrogen) atoms. The summed E-state index contributed by atoms with van der Waals surface area (Å²) in [6, 6.07) is 0. The number of nitrogens with zero attached hydrogens (tertiary/aromatic N) is 1. The van der Waals surface area contributed by atoms with Gasteiger partial charge in [-0.1, -0.05) is 0 Å². The third-order valence-corrected chi connectivity index (χ3v) is 6.08. The van der Waals surface area contributed by atoms with Crippen LogP contribution in [0, 0.1) is 0 Å². The minimum Gasteiger partial charge on any atom is -0.302 e. The van der Waals surface area contributed by atoms with Crippen LogP contribution in [0.5, 0.6) is 0 Å². The van der Waals surface area contributed by atoms with Crippen LogP contribution >= 0.6 is 60.5 Å². The molecule has 0 saturated carbocycles. The van der Waals surface area contributed by atoms with Gasteiger partial charge in [0.2, 0.25) is 0 Å². The van der Waals surface area contributed by atoms with Crippen molar-refractivity contribution in [1.82, 2.24) is 4.90 Å². The van der Waals surface area contributed by atoms with Gasteiger partial charge in [0.1, 0.15) is 0 Å². The summed E-state index contributed by atoms with van der Waals surface area (Å²) in [4.78, 5) is 2.62. The lowest BCUT2D eigenvalue weighted by Gasteiger charge is -2.21. The molecule has 0 N–H and O–H groups in total. The average Bonchev–Trinajstić information content (AvgIpc) is 2.39. The van der Waals surface area contributed by atoms with Crippen molar-refractivity contribution < 1.29 is 0 Å². The first kappa shape index (κ1) is 19.7. The predicted octanol–water partition coefficient (Wildman–Crippen LogP) is 3.37. The van der Waals surface area contributed by atoms with Gasteiger partial charge < -0.3 is 4.90 Å². The van der Waals surface area contributed by atoms with Crippen LogP contribution in [-0.2, 0) is 0 Å². The summed E-state index contributed by atoms with van der Waals surface area (Å²) in [6.07, 6.45) is 3.51. The van der Waals surface area contributed by atoms with Gasteiger partial charge in [0.15, 0.2) is 0 Å². The van der Waals surface area contributed by atoms with E-state index >= 15 is 0 Å². The van der Waals surface area contributed by atoms with Crippen molar-refractivity contribution in [2.24, 2.45) is 0 Å². The molecule has 0 bridgehead atoms. The maximum Gasteiger partial charge on any atom is 0.00727 e. The molecule has 0 aromatic rings. The lowest BCUT2D eigenvalue weighted by atomic mass is 10.4. The normalized spacial score (nSPS) is 11.3. The molecule has 1 nitrogen and oxygen atoms in total. The van der Waals surface area contributed by atoms with E-state index in [9.17, 15) is 0 Å². The van der Waals surface area contributed by atoms with E-state index in [1.165, 1.54) is 54.8 Å².